The number of benzene rings is 2. The van der Waals surface area contributed by atoms with Gasteiger partial charge in [0.05, 0.1) is 11.1 Å². The average molecular weight is 462 g/mol. The van der Waals surface area contributed by atoms with Crippen molar-refractivity contribution in [2.75, 3.05) is 6.61 Å². The highest BCUT2D eigenvalue weighted by molar-refractivity contribution is 5.90. The summed E-state index contributed by atoms with van der Waals surface area (Å²) in [6, 6.07) is 17.4. The maximum atomic E-state index is 12.7. The number of hydrogen-bond acceptors (Lipinski definition) is 6. The van der Waals surface area contributed by atoms with E-state index in [0.717, 1.165) is 16.7 Å². The van der Waals surface area contributed by atoms with E-state index >= 15 is 0 Å². The number of aromatic nitrogens is 1. The molecule has 1 fully saturated rings. The second-order valence-corrected chi connectivity index (χ2v) is 8.59. The van der Waals surface area contributed by atoms with Crippen molar-refractivity contribution in [2.45, 2.75) is 45.6 Å². The van der Waals surface area contributed by atoms with Gasteiger partial charge in [-0.3, -0.25) is 9.36 Å². The lowest BCUT2D eigenvalue weighted by atomic mass is 10.1. The molecule has 1 saturated heterocycles. The van der Waals surface area contributed by atoms with Crippen molar-refractivity contribution >= 4 is 11.9 Å². The molecule has 0 amide bonds. The molecule has 7 heteroatoms. The zero-order valence-electron chi connectivity index (χ0n) is 19.4. The van der Waals surface area contributed by atoms with Crippen LogP contribution in [0.2, 0.25) is 0 Å². The van der Waals surface area contributed by atoms with Crippen LogP contribution >= 0.6 is 0 Å². The second kappa shape index (κ2) is 10.1. The third-order valence-electron chi connectivity index (χ3n) is 5.81. The van der Waals surface area contributed by atoms with Gasteiger partial charge in [0.2, 0.25) is 0 Å². The largest absolute Gasteiger partial charge is 0.459 e. The van der Waals surface area contributed by atoms with Gasteiger partial charge < -0.3 is 14.2 Å². The van der Waals surface area contributed by atoms with Crippen molar-refractivity contribution < 1.29 is 23.8 Å². The first-order valence-electron chi connectivity index (χ1n) is 11.2. The van der Waals surface area contributed by atoms with Crippen molar-refractivity contribution in [1.82, 2.24) is 4.57 Å². The summed E-state index contributed by atoms with van der Waals surface area (Å²) >= 11 is 0. The SMILES string of the molecule is Cc1ccc(C(=O)OC[C@H]2O[C@@H](n3ccc(C)cc3=O)C[C@@H]2OC(=O)c2ccc(C)cc2)cc1. The Labute approximate surface area is 197 Å². The number of esters is 2. The van der Waals surface area contributed by atoms with E-state index in [9.17, 15) is 14.4 Å². The van der Waals surface area contributed by atoms with Crippen LogP contribution in [0.3, 0.4) is 0 Å². The number of aryl methyl sites for hydroxylation is 3. The van der Waals surface area contributed by atoms with E-state index in [0.29, 0.717) is 11.1 Å². The summed E-state index contributed by atoms with van der Waals surface area (Å²) in [5.41, 5.74) is 3.52. The molecule has 2 heterocycles. The molecule has 3 aromatic rings. The highest BCUT2D eigenvalue weighted by Crippen LogP contribution is 2.31. The van der Waals surface area contributed by atoms with Gasteiger partial charge in [0.25, 0.3) is 5.56 Å². The van der Waals surface area contributed by atoms with Crippen molar-refractivity contribution in [3.8, 4) is 0 Å². The molecule has 0 N–H and O–H groups in total. The molecular weight excluding hydrogens is 434 g/mol. The number of nitrogens with zero attached hydrogens (tertiary/aromatic N) is 1. The first-order chi connectivity index (χ1) is 16.3. The summed E-state index contributed by atoms with van der Waals surface area (Å²) in [7, 11) is 0. The van der Waals surface area contributed by atoms with E-state index in [4.69, 9.17) is 14.2 Å². The zero-order chi connectivity index (χ0) is 24.2. The number of hydrogen-bond donors (Lipinski definition) is 0. The Hall–Kier alpha value is -3.71. The standard InChI is InChI=1S/C27H27NO6/c1-17-4-8-20(9-5-17)26(30)32-16-23-22(34-27(31)21-10-6-18(2)7-11-21)15-25(33-23)28-13-12-19(3)14-24(28)29/h4-14,22-23,25H,15-16H2,1-3H3/t22-,23+,25+/m0/s1. The van der Waals surface area contributed by atoms with Gasteiger partial charge in [-0.15, -0.1) is 0 Å². The van der Waals surface area contributed by atoms with Gasteiger partial charge in [0.15, 0.2) is 0 Å². The van der Waals surface area contributed by atoms with Crippen LogP contribution in [0.15, 0.2) is 71.7 Å². The smallest absolute Gasteiger partial charge is 0.338 e. The molecule has 0 radical (unpaired) electrons. The van der Waals surface area contributed by atoms with Gasteiger partial charge in [-0.2, -0.15) is 0 Å². The minimum absolute atomic E-state index is 0.115. The molecule has 1 aliphatic rings. The van der Waals surface area contributed by atoms with Gasteiger partial charge in [-0.25, -0.2) is 9.59 Å². The zero-order valence-corrected chi connectivity index (χ0v) is 19.4. The third-order valence-corrected chi connectivity index (χ3v) is 5.81. The number of pyridine rings is 1. The third kappa shape index (κ3) is 5.43. The fourth-order valence-corrected chi connectivity index (χ4v) is 3.80. The molecule has 0 spiro atoms. The van der Waals surface area contributed by atoms with Gasteiger partial charge >= 0.3 is 11.9 Å². The van der Waals surface area contributed by atoms with Crippen molar-refractivity contribution in [3.05, 3.63) is 105 Å². The van der Waals surface area contributed by atoms with E-state index in [1.54, 1.807) is 30.5 Å². The fraction of sp³-hybridized carbons (Fsp3) is 0.296. The maximum Gasteiger partial charge on any atom is 0.338 e. The minimum atomic E-state index is -0.720. The Balaban J connectivity index is 1.50. The summed E-state index contributed by atoms with van der Waals surface area (Å²) in [5, 5.41) is 0. The average Bonchev–Trinajstić information content (AvgIpc) is 3.20. The van der Waals surface area contributed by atoms with E-state index in [1.807, 2.05) is 51.1 Å². The molecule has 1 aromatic heterocycles. The van der Waals surface area contributed by atoms with Gasteiger partial charge in [-0.1, -0.05) is 35.4 Å². The summed E-state index contributed by atoms with van der Waals surface area (Å²) in [6.45, 7) is 5.58. The molecule has 4 rings (SSSR count). The number of carbonyl (C=O) groups excluding carboxylic acids is 2. The number of rotatable bonds is 6. The Bertz CT molecular complexity index is 1230. The van der Waals surface area contributed by atoms with Gasteiger partial charge in [0.1, 0.15) is 25.0 Å². The van der Waals surface area contributed by atoms with Crippen LogP contribution in [0.4, 0.5) is 0 Å². The highest BCUT2D eigenvalue weighted by Gasteiger charge is 2.40. The van der Waals surface area contributed by atoms with Crippen LogP contribution in [0, 0.1) is 20.8 Å². The monoisotopic (exact) mass is 461 g/mol. The molecule has 0 bridgehead atoms. The predicted molar refractivity (Wildman–Crippen MR) is 126 cm³/mol. The van der Waals surface area contributed by atoms with Crippen molar-refractivity contribution in [3.63, 3.8) is 0 Å². The molecule has 0 saturated carbocycles. The maximum absolute atomic E-state index is 12.7. The van der Waals surface area contributed by atoms with Crippen LogP contribution < -0.4 is 5.56 Å². The first-order valence-corrected chi connectivity index (χ1v) is 11.2. The predicted octanol–water partition coefficient (Wildman–Crippen LogP) is 4.14. The Morgan fingerprint density at radius 1 is 0.882 bits per heavy atom. The Morgan fingerprint density at radius 2 is 1.47 bits per heavy atom. The first kappa shape index (κ1) is 23.4. The van der Waals surface area contributed by atoms with E-state index in [1.165, 1.54) is 10.6 Å². The molecule has 2 aromatic carbocycles. The lowest BCUT2D eigenvalue weighted by Crippen LogP contribution is -2.32. The summed E-state index contributed by atoms with van der Waals surface area (Å²) in [4.78, 5) is 37.7. The molecule has 1 aliphatic heterocycles. The molecule has 0 aliphatic carbocycles. The fourth-order valence-electron chi connectivity index (χ4n) is 3.80. The summed E-state index contributed by atoms with van der Waals surface area (Å²) < 4.78 is 18.7. The van der Waals surface area contributed by atoms with E-state index in [-0.39, 0.29) is 18.6 Å². The topological polar surface area (TPSA) is 83.8 Å². The van der Waals surface area contributed by atoms with Crippen LogP contribution in [0.25, 0.3) is 0 Å². The molecule has 7 nitrogen and oxygen atoms in total. The van der Waals surface area contributed by atoms with Gasteiger partial charge in [0, 0.05) is 18.7 Å². The molecule has 176 valence electrons. The summed E-state index contributed by atoms with van der Waals surface area (Å²) in [6.07, 6.45) is -0.151. The normalized spacial score (nSPS) is 19.6. The number of carbonyl (C=O) groups is 2. The second-order valence-electron chi connectivity index (χ2n) is 8.59. The van der Waals surface area contributed by atoms with Crippen molar-refractivity contribution in [1.29, 1.82) is 0 Å². The van der Waals surface area contributed by atoms with Crippen molar-refractivity contribution in [2.24, 2.45) is 0 Å². The van der Waals surface area contributed by atoms with Crippen LogP contribution in [-0.2, 0) is 14.2 Å². The number of ether oxygens (including phenoxy) is 3. The van der Waals surface area contributed by atoms with Crippen LogP contribution in [0.1, 0.15) is 50.1 Å². The highest BCUT2D eigenvalue weighted by atomic mass is 16.6. The minimum Gasteiger partial charge on any atom is -0.459 e. The Kier molecular flexibility index (Phi) is 6.93. The van der Waals surface area contributed by atoms with Crippen LogP contribution in [-0.4, -0.2) is 35.3 Å². The quantitative estimate of drug-likeness (QED) is 0.513. The van der Waals surface area contributed by atoms with E-state index in [2.05, 4.69) is 0 Å². The molecular formula is C27H27NO6. The lowest BCUT2D eigenvalue weighted by Gasteiger charge is -2.19. The molecule has 0 unspecified atom stereocenters. The summed E-state index contributed by atoms with van der Waals surface area (Å²) in [5.74, 6) is -0.997. The molecule has 3 atom stereocenters. The Morgan fingerprint density at radius 3 is 2.06 bits per heavy atom. The van der Waals surface area contributed by atoms with Crippen LogP contribution in [0.5, 0.6) is 0 Å². The molecule has 34 heavy (non-hydrogen) atoms. The lowest BCUT2D eigenvalue weighted by molar-refractivity contribution is -0.0579. The van der Waals surface area contributed by atoms with Gasteiger partial charge in [-0.05, 0) is 56.7 Å². The van der Waals surface area contributed by atoms with E-state index < -0.39 is 30.4 Å².